The van der Waals surface area contributed by atoms with Gasteiger partial charge < -0.3 is 10.1 Å². The van der Waals surface area contributed by atoms with Crippen LogP contribution in [-0.2, 0) is 17.1 Å². The number of rotatable bonds is 10. The van der Waals surface area contributed by atoms with Crippen LogP contribution < -0.4 is 10.1 Å². The van der Waals surface area contributed by atoms with Crippen molar-refractivity contribution in [2.24, 2.45) is 5.92 Å². The van der Waals surface area contributed by atoms with E-state index in [1.165, 1.54) is 31.3 Å². The fourth-order valence-corrected chi connectivity index (χ4v) is 3.62. The zero-order valence-corrected chi connectivity index (χ0v) is 17.7. The number of aryl methyl sites for hydroxylation is 1. The third-order valence-electron chi connectivity index (χ3n) is 5.00. The molecule has 0 atom stereocenters. The SMILES string of the molecule is O=[SH](=O)CCc1cccc(Nc2ncnc(-c3ccc(F)cc3OCCC3CC3)n2)c1. The molecule has 2 aromatic carbocycles. The van der Waals surface area contributed by atoms with Gasteiger partial charge in [-0.15, -0.1) is 0 Å². The highest BCUT2D eigenvalue weighted by Gasteiger charge is 2.21. The molecule has 1 aliphatic rings. The topological polar surface area (TPSA) is 94.1 Å². The second kappa shape index (κ2) is 9.82. The van der Waals surface area contributed by atoms with E-state index in [1.54, 1.807) is 6.07 Å². The normalized spacial score (nSPS) is 13.4. The fraction of sp³-hybridized carbons (Fsp3) is 0.318. The summed E-state index contributed by atoms with van der Waals surface area (Å²) in [4.78, 5) is 12.8. The molecule has 0 unspecified atom stereocenters. The molecule has 9 heteroatoms. The van der Waals surface area contributed by atoms with Crippen molar-refractivity contribution in [3.8, 4) is 17.1 Å². The minimum Gasteiger partial charge on any atom is -0.493 e. The molecular formula is C22H23FN4O3S. The van der Waals surface area contributed by atoms with Gasteiger partial charge in [0.15, 0.2) is 5.82 Å². The molecule has 1 saturated carbocycles. The van der Waals surface area contributed by atoms with Crippen molar-refractivity contribution < 1.29 is 17.5 Å². The lowest BCUT2D eigenvalue weighted by Gasteiger charge is -2.12. The van der Waals surface area contributed by atoms with Crippen LogP contribution in [0.15, 0.2) is 48.8 Å². The molecule has 3 aromatic rings. The lowest BCUT2D eigenvalue weighted by atomic mass is 10.1. The smallest absolute Gasteiger partial charge is 0.230 e. The van der Waals surface area contributed by atoms with Gasteiger partial charge in [0.1, 0.15) is 28.6 Å². The fourth-order valence-electron chi connectivity index (χ4n) is 3.18. The van der Waals surface area contributed by atoms with Gasteiger partial charge in [0, 0.05) is 11.8 Å². The first-order chi connectivity index (χ1) is 15.1. The van der Waals surface area contributed by atoms with Crippen LogP contribution in [0.3, 0.4) is 0 Å². The van der Waals surface area contributed by atoms with Gasteiger partial charge in [-0.05, 0) is 48.6 Å². The summed E-state index contributed by atoms with van der Waals surface area (Å²) in [6, 6.07) is 11.7. The minimum absolute atomic E-state index is 0.1000. The highest BCUT2D eigenvalue weighted by atomic mass is 32.2. The van der Waals surface area contributed by atoms with Crippen LogP contribution in [0.25, 0.3) is 11.4 Å². The monoisotopic (exact) mass is 442 g/mol. The van der Waals surface area contributed by atoms with Crippen molar-refractivity contribution in [1.82, 2.24) is 15.0 Å². The average molecular weight is 443 g/mol. The average Bonchev–Trinajstić information content (AvgIpc) is 3.57. The third kappa shape index (κ3) is 6.21. The van der Waals surface area contributed by atoms with Gasteiger partial charge in [-0.25, -0.2) is 22.8 Å². The Morgan fingerprint density at radius 2 is 2.00 bits per heavy atom. The molecule has 0 saturated heterocycles. The molecule has 1 N–H and O–H groups in total. The maximum atomic E-state index is 13.8. The summed E-state index contributed by atoms with van der Waals surface area (Å²) in [6.07, 6.45) is 5.25. The Morgan fingerprint density at radius 3 is 2.81 bits per heavy atom. The number of nitrogens with zero attached hydrogens (tertiary/aromatic N) is 3. The first-order valence-corrected chi connectivity index (χ1v) is 11.5. The van der Waals surface area contributed by atoms with Crippen LogP contribution >= 0.6 is 0 Å². The van der Waals surface area contributed by atoms with E-state index in [4.69, 9.17) is 4.74 Å². The zero-order valence-electron chi connectivity index (χ0n) is 16.8. The summed E-state index contributed by atoms with van der Waals surface area (Å²) >= 11 is 0. The van der Waals surface area contributed by atoms with E-state index in [-0.39, 0.29) is 11.6 Å². The summed E-state index contributed by atoms with van der Waals surface area (Å²) in [5.74, 6) is 1.54. The van der Waals surface area contributed by atoms with Crippen molar-refractivity contribution in [3.63, 3.8) is 0 Å². The Morgan fingerprint density at radius 1 is 1.13 bits per heavy atom. The second-order valence-electron chi connectivity index (χ2n) is 7.49. The minimum atomic E-state index is -2.41. The van der Waals surface area contributed by atoms with Crippen molar-refractivity contribution in [3.05, 3.63) is 60.2 Å². The maximum Gasteiger partial charge on any atom is 0.230 e. The van der Waals surface area contributed by atoms with Gasteiger partial charge in [-0.3, -0.25) is 0 Å². The van der Waals surface area contributed by atoms with Crippen LogP contribution in [0.2, 0.25) is 0 Å². The number of nitrogens with one attached hydrogen (secondary N) is 1. The van der Waals surface area contributed by atoms with Crippen molar-refractivity contribution in [2.45, 2.75) is 25.7 Å². The Bertz CT molecular complexity index is 1130. The summed E-state index contributed by atoms with van der Waals surface area (Å²) in [7, 11) is -2.41. The van der Waals surface area contributed by atoms with E-state index in [1.807, 2.05) is 24.3 Å². The molecule has 1 heterocycles. The van der Waals surface area contributed by atoms with Crippen LogP contribution in [0.4, 0.5) is 16.0 Å². The van der Waals surface area contributed by atoms with E-state index in [0.717, 1.165) is 23.6 Å². The van der Waals surface area contributed by atoms with E-state index < -0.39 is 10.7 Å². The first kappa shape index (κ1) is 21.2. The van der Waals surface area contributed by atoms with Crippen molar-refractivity contribution in [2.75, 3.05) is 17.7 Å². The molecule has 1 aromatic heterocycles. The van der Waals surface area contributed by atoms with Gasteiger partial charge in [-0.2, -0.15) is 4.98 Å². The lowest BCUT2D eigenvalue weighted by Crippen LogP contribution is -2.04. The zero-order chi connectivity index (χ0) is 21.6. The van der Waals surface area contributed by atoms with Crippen molar-refractivity contribution >= 4 is 22.3 Å². The molecule has 0 radical (unpaired) electrons. The maximum absolute atomic E-state index is 13.8. The number of aromatic nitrogens is 3. The third-order valence-corrected chi connectivity index (χ3v) is 5.59. The molecule has 162 valence electrons. The molecule has 0 aliphatic heterocycles. The van der Waals surface area contributed by atoms with E-state index in [9.17, 15) is 12.8 Å². The number of ether oxygens (including phenoxy) is 1. The summed E-state index contributed by atoms with van der Waals surface area (Å²) in [6.45, 7) is 0.527. The largest absolute Gasteiger partial charge is 0.493 e. The number of benzene rings is 2. The van der Waals surface area contributed by atoms with E-state index >= 15 is 0 Å². The lowest BCUT2D eigenvalue weighted by molar-refractivity contribution is 0.302. The van der Waals surface area contributed by atoms with Gasteiger partial charge in [-0.1, -0.05) is 25.0 Å². The number of hydrogen-bond acceptors (Lipinski definition) is 7. The van der Waals surface area contributed by atoms with Gasteiger partial charge in [0.25, 0.3) is 0 Å². The Kier molecular flexibility index (Phi) is 6.71. The van der Waals surface area contributed by atoms with Crippen LogP contribution in [0.5, 0.6) is 5.75 Å². The highest BCUT2D eigenvalue weighted by Crippen LogP contribution is 2.34. The van der Waals surface area contributed by atoms with Crippen molar-refractivity contribution in [1.29, 1.82) is 0 Å². The Hall–Kier alpha value is -3.07. The highest BCUT2D eigenvalue weighted by molar-refractivity contribution is 7.72. The molecule has 0 amide bonds. The van der Waals surface area contributed by atoms with Crippen LogP contribution in [0, 0.1) is 11.7 Å². The number of thiol groups is 1. The molecule has 0 bridgehead atoms. The standard InChI is InChI=1S/C22H23FN4O3S/c23-17-6-7-19(20(13-17)30-10-8-15-4-5-15)21-24-14-25-22(27-21)26-18-3-1-2-16(12-18)9-11-31(28)29/h1-3,6-7,12-15,31H,4-5,8-11H2,(H,24,25,26,27). The molecule has 0 spiro atoms. The van der Waals surface area contributed by atoms with E-state index in [2.05, 4.69) is 20.3 Å². The molecule has 1 fully saturated rings. The Balaban J connectivity index is 1.51. The predicted molar refractivity (Wildman–Crippen MR) is 117 cm³/mol. The summed E-state index contributed by atoms with van der Waals surface area (Å²) in [5.41, 5.74) is 2.22. The number of hydrogen-bond donors (Lipinski definition) is 2. The molecule has 31 heavy (non-hydrogen) atoms. The summed E-state index contributed by atoms with van der Waals surface area (Å²) in [5, 5.41) is 3.11. The van der Waals surface area contributed by atoms with Gasteiger partial charge in [0.2, 0.25) is 5.95 Å². The van der Waals surface area contributed by atoms with Crippen LogP contribution in [-0.4, -0.2) is 35.7 Å². The quantitative estimate of drug-likeness (QED) is 0.462. The van der Waals surface area contributed by atoms with Gasteiger partial charge in [0.05, 0.1) is 17.9 Å². The molecule has 1 aliphatic carbocycles. The Labute approximate surface area is 181 Å². The number of halogens is 1. The predicted octanol–water partition coefficient (Wildman–Crippen LogP) is 3.75. The second-order valence-corrected chi connectivity index (χ2v) is 8.60. The number of anilines is 2. The molecular weight excluding hydrogens is 419 g/mol. The molecule has 4 rings (SSSR count). The van der Waals surface area contributed by atoms with Crippen LogP contribution in [0.1, 0.15) is 24.8 Å². The summed E-state index contributed by atoms with van der Waals surface area (Å²) < 4.78 is 41.3. The van der Waals surface area contributed by atoms with Gasteiger partial charge >= 0.3 is 0 Å². The van der Waals surface area contributed by atoms with E-state index in [0.29, 0.717) is 36.1 Å². The molecule has 7 nitrogen and oxygen atoms in total. The first-order valence-electron chi connectivity index (χ1n) is 10.2.